The van der Waals surface area contributed by atoms with Gasteiger partial charge in [0.2, 0.25) is 0 Å². The van der Waals surface area contributed by atoms with Gasteiger partial charge in [-0.15, -0.1) is 5.10 Å². The second kappa shape index (κ2) is 4.18. The number of aromatic nitrogens is 4. The van der Waals surface area contributed by atoms with Gasteiger partial charge >= 0.3 is 0 Å². The van der Waals surface area contributed by atoms with E-state index in [1.165, 1.54) is 0 Å². The van der Waals surface area contributed by atoms with Crippen LogP contribution in [-0.2, 0) is 11.3 Å². The van der Waals surface area contributed by atoms with Crippen molar-refractivity contribution in [3.63, 3.8) is 0 Å². The summed E-state index contributed by atoms with van der Waals surface area (Å²) in [5.74, 6) is 0.670. The number of nitrogens with zero attached hydrogens (tertiary/aromatic N) is 4. The van der Waals surface area contributed by atoms with E-state index in [0.717, 1.165) is 11.3 Å². The molecule has 2 aromatic rings. The number of rotatable bonds is 3. The summed E-state index contributed by atoms with van der Waals surface area (Å²) < 4.78 is 6.64. The normalized spacial score (nSPS) is 10.5. The first-order valence-corrected chi connectivity index (χ1v) is 4.50. The van der Waals surface area contributed by atoms with E-state index in [2.05, 4.69) is 22.4 Å². The Kier molecular flexibility index (Phi) is 2.73. The van der Waals surface area contributed by atoms with Crippen molar-refractivity contribution in [1.29, 1.82) is 0 Å². The van der Waals surface area contributed by atoms with E-state index in [1.54, 1.807) is 11.8 Å². The lowest BCUT2D eigenvalue weighted by atomic mass is 10.2. The van der Waals surface area contributed by atoms with Crippen LogP contribution in [0.5, 0.6) is 0 Å². The second-order valence-electron chi connectivity index (χ2n) is 3.11. The summed E-state index contributed by atoms with van der Waals surface area (Å²) in [6.07, 6.45) is 0. The molecule has 0 saturated carbocycles. The Morgan fingerprint density at radius 3 is 3.07 bits per heavy atom. The third-order valence-corrected chi connectivity index (χ3v) is 1.96. The molecule has 0 aliphatic rings. The van der Waals surface area contributed by atoms with E-state index in [9.17, 15) is 0 Å². The lowest BCUT2D eigenvalue weighted by Crippen LogP contribution is -2.04. The Morgan fingerprint density at radius 2 is 2.33 bits per heavy atom. The third kappa shape index (κ3) is 2.02. The molecule has 0 spiro atoms. The molecule has 1 aromatic carbocycles. The summed E-state index contributed by atoms with van der Waals surface area (Å²) in [4.78, 5) is 0. The van der Waals surface area contributed by atoms with Crippen LogP contribution in [-0.4, -0.2) is 27.3 Å². The van der Waals surface area contributed by atoms with Crippen LogP contribution in [0.4, 0.5) is 0 Å². The van der Waals surface area contributed by atoms with Crippen LogP contribution in [0.2, 0.25) is 0 Å². The molecule has 15 heavy (non-hydrogen) atoms. The summed E-state index contributed by atoms with van der Waals surface area (Å²) in [5.41, 5.74) is 1.81. The highest BCUT2D eigenvalue weighted by atomic mass is 16.5. The Labute approximate surface area is 87.7 Å². The molecule has 0 amide bonds. The SMILES string of the molecule is [CH2]c1cccc(-n2nnnc2COC)c1. The minimum Gasteiger partial charge on any atom is -0.377 e. The monoisotopic (exact) mass is 203 g/mol. The molecule has 0 aliphatic carbocycles. The fourth-order valence-electron chi connectivity index (χ4n) is 1.31. The highest BCUT2D eigenvalue weighted by molar-refractivity contribution is 5.36. The van der Waals surface area contributed by atoms with E-state index in [1.807, 2.05) is 24.3 Å². The Hall–Kier alpha value is -1.75. The van der Waals surface area contributed by atoms with Crippen LogP contribution in [0.1, 0.15) is 11.4 Å². The fourth-order valence-corrected chi connectivity index (χ4v) is 1.31. The molecule has 0 unspecified atom stereocenters. The Balaban J connectivity index is 2.40. The topological polar surface area (TPSA) is 52.8 Å². The average molecular weight is 203 g/mol. The van der Waals surface area contributed by atoms with Crippen LogP contribution in [0.25, 0.3) is 5.69 Å². The first-order chi connectivity index (χ1) is 7.31. The van der Waals surface area contributed by atoms with Crippen molar-refractivity contribution in [2.24, 2.45) is 0 Å². The van der Waals surface area contributed by atoms with E-state index in [4.69, 9.17) is 4.74 Å². The quantitative estimate of drug-likeness (QED) is 0.746. The van der Waals surface area contributed by atoms with Gasteiger partial charge in [0.15, 0.2) is 5.82 Å². The standard InChI is InChI=1S/C10H11N4O/c1-8-4-3-5-9(6-8)14-10(7-15-2)11-12-13-14/h3-6H,1,7H2,2H3. The summed E-state index contributed by atoms with van der Waals surface area (Å²) in [6, 6.07) is 7.67. The predicted molar refractivity (Wildman–Crippen MR) is 54.3 cm³/mol. The number of ether oxygens (including phenoxy) is 1. The zero-order valence-electron chi connectivity index (χ0n) is 8.42. The third-order valence-electron chi connectivity index (χ3n) is 1.96. The highest BCUT2D eigenvalue weighted by Gasteiger charge is 2.07. The van der Waals surface area contributed by atoms with Crippen molar-refractivity contribution in [3.8, 4) is 5.69 Å². The minimum atomic E-state index is 0.383. The average Bonchev–Trinajstić information content (AvgIpc) is 2.66. The van der Waals surface area contributed by atoms with Crippen LogP contribution >= 0.6 is 0 Å². The molecular formula is C10H11N4O. The predicted octanol–water partition coefficient (Wildman–Crippen LogP) is 0.991. The smallest absolute Gasteiger partial charge is 0.182 e. The zero-order chi connectivity index (χ0) is 10.7. The van der Waals surface area contributed by atoms with Crippen molar-refractivity contribution in [2.45, 2.75) is 6.61 Å². The molecule has 5 heteroatoms. The van der Waals surface area contributed by atoms with Gasteiger partial charge in [0.05, 0.1) is 5.69 Å². The molecule has 0 atom stereocenters. The molecule has 0 aliphatic heterocycles. The maximum absolute atomic E-state index is 5.00. The van der Waals surface area contributed by atoms with Crippen molar-refractivity contribution < 1.29 is 4.74 Å². The minimum absolute atomic E-state index is 0.383. The lowest BCUT2D eigenvalue weighted by molar-refractivity contribution is 0.175. The van der Waals surface area contributed by atoms with Gasteiger partial charge in [-0.2, -0.15) is 4.68 Å². The molecular weight excluding hydrogens is 192 g/mol. The largest absolute Gasteiger partial charge is 0.377 e. The van der Waals surface area contributed by atoms with Crippen molar-refractivity contribution in [2.75, 3.05) is 7.11 Å². The van der Waals surface area contributed by atoms with Gasteiger partial charge in [0.25, 0.3) is 0 Å². The van der Waals surface area contributed by atoms with E-state index < -0.39 is 0 Å². The van der Waals surface area contributed by atoms with E-state index in [0.29, 0.717) is 12.4 Å². The van der Waals surface area contributed by atoms with Gasteiger partial charge in [0, 0.05) is 7.11 Å². The van der Waals surface area contributed by atoms with Gasteiger partial charge in [-0.05, 0) is 35.0 Å². The molecule has 1 radical (unpaired) electrons. The van der Waals surface area contributed by atoms with Crippen molar-refractivity contribution >= 4 is 0 Å². The molecule has 0 N–H and O–H groups in total. The number of methoxy groups -OCH3 is 1. The first-order valence-electron chi connectivity index (χ1n) is 4.50. The van der Waals surface area contributed by atoms with Crippen molar-refractivity contribution in [1.82, 2.24) is 20.2 Å². The van der Waals surface area contributed by atoms with Crippen LogP contribution in [0, 0.1) is 6.92 Å². The number of hydrogen-bond donors (Lipinski definition) is 0. The molecule has 1 aromatic heterocycles. The van der Waals surface area contributed by atoms with Crippen LogP contribution in [0.15, 0.2) is 24.3 Å². The van der Waals surface area contributed by atoms with Gasteiger partial charge in [-0.25, -0.2) is 0 Å². The van der Waals surface area contributed by atoms with Crippen LogP contribution in [0.3, 0.4) is 0 Å². The van der Waals surface area contributed by atoms with Gasteiger partial charge in [-0.1, -0.05) is 12.1 Å². The number of hydrogen-bond acceptors (Lipinski definition) is 4. The summed E-state index contributed by atoms with van der Waals surface area (Å²) in [7, 11) is 1.61. The van der Waals surface area contributed by atoms with Gasteiger partial charge in [0.1, 0.15) is 6.61 Å². The van der Waals surface area contributed by atoms with Crippen LogP contribution < -0.4 is 0 Å². The highest BCUT2D eigenvalue weighted by Crippen LogP contribution is 2.10. The Morgan fingerprint density at radius 1 is 1.47 bits per heavy atom. The van der Waals surface area contributed by atoms with Crippen molar-refractivity contribution in [3.05, 3.63) is 42.6 Å². The molecule has 0 fully saturated rings. The Bertz CT molecular complexity index is 452. The summed E-state index contributed by atoms with van der Waals surface area (Å²) in [6.45, 7) is 4.24. The molecule has 1 heterocycles. The van der Waals surface area contributed by atoms with Gasteiger partial charge in [-0.3, -0.25) is 0 Å². The molecule has 5 nitrogen and oxygen atoms in total. The summed E-state index contributed by atoms with van der Waals surface area (Å²) in [5, 5.41) is 11.4. The maximum Gasteiger partial charge on any atom is 0.182 e. The molecule has 2 rings (SSSR count). The first kappa shape index (κ1) is 9.79. The molecule has 0 bridgehead atoms. The fraction of sp³-hybridized carbons (Fsp3) is 0.200. The number of benzene rings is 1. The van der Waals surface area contributed by atoms with Gasteiger partial charge < -0.3 is 4.74 Å². The molecule has 0 saturated heterocycles. The summed E-state index contributed by atoms with van der Waals surface area (Å²) >= 11 is 0. The van der Waals surface area contributed by atoms with E-state index in [-0.39, 0.29) is 0 Å². The molecule has 77 valence electrons. The second-order valence-corrected chi connectivity index (χ2v) is 3.11. The zero-order valence-corrected chi connectivity index (χ0v) is 8.42. The lowest BCUT2D eigenvalue weighted by Gasteiger charge is -2.03. The maximum atomic E-state index is 5.00. The van der Waals surface area contributed by atoms with E-state index >= 15 is 0 Å². The number of tetrazole rings is 1.